The number of pyridine rings is 1. The third kappa shape index (κ3) is 2.73. The van der Waals surface area contributed by atoms with Gasteiger partial charge in [-0.25, -0.2) is 14.2 Å². The number of hydrogen-bond donors (Lipinski definition) is 0. The number of halogens is 1. The van der Waals surface area contributed by atoms with Crippen LogP contribution in [0.3, 0.4) is 0 Å². The molecule has 0 saturated heterocycles. The predicted octanol–water partition coefficient (Wildman–Crippen LogP) is 3.90. The lowest BCUT2D eigenvalue weighted by Gasteiger charge is -2.07. The van der Waals surface area contributed by atoms with Gasteiger partial charge < -0.3 is 9.15 Å². The Bertz CT molecular complexity index is 1100. The quantitative estimate of drug-likeness (QED) is 0.414. The van der Waals surface area contributed by atoms with Gasteiger partial charge in [0.05, 0.1) is 22.9 Å². The molecule has 0 atom stereocenters. The Morgan fingerprint density at radius 3 is 2.69 bits per heavy atom. The number of rotatable bonds is 3. The summed E-state index contributed by atoms with van der Waals surface area (Å²) in [6.45, 7) is 1.80. The lowest BCUT2D eigenvalue weighted by Crippen LogP contribution is -2.10. The molecule has 4 aromatic rings. The largest absolute Gasteiger partial charge is 0.463 e. The Hall–Kier alpha value is -3.48. The van der Waals surface area contributed by atoms with Gasteiger partial charge in [0.2, 0.25) is 0 Å². The molecule has 7 heteroatoms. The highest BCUT2D eigenvalue weighted by molar-refractivity contribution is 6.05. The van der Waals surface area contributed by atoms with Crippen LogP contribution in [0, 0.1) is 12.7 Å². The zero-order valence-electron chi connectivity index (χ0n) is 14.1. The van der Waals surface area contributed by atoms with Crippen LogP contribution < -0.4 is 4.74 Å². The van der Waals surface area contributed by atoms with Crippen LogP contribution in [0.4, 0.5) is 4.39 Å². The van der Waals surface area contributed by atoms with Crippen LogP contribution in [0.25, 0.3) is 22.5 Å². The summed E-state index contributed by atoms with van der Waals surface area (Å²) in [6, 6.07) is 10.4. The molecule has 6 nitrogen and oxygen atoms in total. The minimum absolute atomic E-state index is 0.252. The maximum absolute atomic E-state index is 13.1. The van der Waals surface area contributed by atoms with E-state index >= 15 is 0 Å². The van der Waals surface area contributed by atoms with Crippen LogP contribution in [0.2, 0.25) is 0 Å². The molecule has 0 fully saturated rings. The van der Waals surface area contributed by atoms with Crippen LogP contribution in [-0.4, -0.2) is 20.7 Å². The van der Waals surface area contributed by atoms with Gasteiger partial charge in [-0.3, -0.25) is 4.68 Å². The van der Waals surface area contributed by atoms with Gasteiger partial charge in [0, 0.05) is 7.05 Å². The van der Waals surface area contributed by atoms with Gasteiger partial charge >= 0.3 is 5.97 Å². The number of carbonyl (C=O) groups is 1. The van der Waals surface area contributed by atoms with Crippen LogP contribution in [0.5, 0.6) is 5.75 Å². The lowest BCUT2D eigenvalue weighted by molar-refractivity contribution is 0.0736. The standard InChI is InChI=1S/C19H14FN3O3/c1-11-17-14(19(24)26-13-7-5-12(20)6-8-13)10-15(16-4-3-9-25-16)21-18(17)23(2)22-11/h3-10H,1-2H3. The number of aromatic nitrogens is 3. The average Bonchev–Trinajstić information content (AvgIpc) is 3.25. The van der Waals surface area contributed by atoms with Gasteiger partial charge in [-0.1, -0.05) is 0 Å². The molecule has 1 aromatic carbocycles. The van der Waals surface area contributed by atoms with Gasteiger partial charge in [0.25, 0.3) is 0 Å². The molecule has 0 N–H and O–H groups in total. The molecule has 0 saturated carbocycles. The summed E-state index contributed by atoms with van der Waals surface area (Å²) >= 11 is 0. The number of furan rings is 1. The summed E-state index contributed by atoms with van der Waals surface area (Å²) in [5.41, 5.74) is 2.02. The van der Waals surface area contributed by atoms with E-state index in [0.29, 0.717) is 33.7 Å². The maximum atomic E-state index is 13.1. The molecule has 130 valence electrons. The molecule has 0 unspecified atom stereocenters. The van der Waals surface area contributed by atoms with E-state index in [1.165, 1.54) is 30.5 Å². The Morgan fingerprint density at radius 2 is 2.00 bits per heavy atom. The molecule has 26 heavy (non-hydrogen) atoms. The number of ether oxygens (including phenoxy) is 1. The van der Waals surface area contributed by atoms with E-state index in [4.69, 9.17) is 9.15 Å². The SMILES string of the molecule is Cc1nn(C)c2nc(-c3ccco3)cc(C(=O)Oc3ccc(F)cc3)c12. The van der Waals surface area contributed by atoms with Crippen molar-refractivity contribution in [3.63, 3.8) is 0 Å². The summed E-state index contributed by atoms with van der Waals surface area (Å²) in [6.07, 6.45) is 1.53. The van der Waals surface area contributed by atoms with Crippen molar-refractivity contribution in [2.24, 2.45) is 7.05 Å². The molecule has 0 aliphatic carbocycles. The van der Waals surface area contributed by atoms with Crippen molar-refractivity contribution in [1.29, 1.82) is 0 Å². The summed E-state index contributed by atoms with van der Waals surface area (Å²) < 4.78 is 25.4. The third-order valence-corrected chi connectivity index (χ3v) is 3.99. The summed E-state index contributed by atoms with van der Waals surface area (Å²) in [5, 5.41) is 4.95. The second kappa shape index (κ2) is 6.11. The van der Waals surface area contributed by atoms with E-state index in [9.17, 15) is 9.18 Å². The highest BCUT2D eigenvalue weighted by atomic mass is 19.1. The molecule has 0 bridgehead atoms. The van der Waals surface area contributed by atoms with Crippen molar-refractivity contribution in [3.8, 4) is 17.2 Å². The van der Waals surface area contributed by atoms with Crippen molar-refractivity contribution >= 4 is 17.0 Å². The highest BCUT2D eigenvalue weighted by Crippen LogP contribution is 2.28. The van der Waals surface area contributed by atoms with E-state index in [0.717, 1.165) is 0 Å². The van der Waals surface area contributed by atoms with Crippen molar-refractivity contribution in [3.05, 3.63) is 65.8 Å². The number of carbonyl (C=O) groups excluding carboxylic acids is 1. The fourth-order valence-electron chi connectivity index (χ4n) is 2.82. The summed E-state index contributed by atoms with van der Waals surface area (Å²) in [5.74, 6) is -0.198. The maximum Gasteiger partial charge on any atom is 0.344 e. The van der Waals surface area contributed by atoms with Crippen LogP contribution in [0.15, 0.2) is 53.1 Å². The molecule has 0 radical (unpaired) electrons. The van der Waals surface area contributed by atoms with Crippen LogP contribution >= 0.6 is 0 Å². The Labute approximate surface area is 147 Å². The molecule has 3 heterocycles. The number of benzene rings is 1. The molecular weight excluding hydrogens is 337 g/mol. The number of hydrogen-bond acceptors (Lipinski definition) is 5. The highest BCUT2D eigenvalue weighted by Gasteiger charge is 2.21. The van der Waals surface area contributed by atoms with Gasteiger partial charge in [-0.15, -0.1) is 0 Å². The monoisotopic (exact) mass is 351 g/mol. The van der Waals surface area contributed by atoms with Crippen molar-refractivity contribution in [2.45, 2.75) is 6.92 Å². The van der Waals surface area contributed by atoms with Crippen LogP contribution in [-0.2, 0) is 7.05 Å². The number of nitrogens with zero attached hydrogens (tertiary/aromatic N) is 3. The molecule has 3 aromatic heterocycles. The minimum atomic E-state index is -0.576. The van der Waals surface area contributed by atoms with E-state index in [2.05, 4.69) is 10.1 Å². The summed E-state index contributed by atoms with van der Waals surface area (Å²) in [7, 11) is 1.75. The number of aryl methyl sites for hydroxylation is 2. The first-order valence-corrected chi connectivity index (χ1v) is 7.89. The van der Waals surface area contributed by atoms with Gasteiger partial charge in [0.15, 0.2) is 11.4 Å². The lowest BCUT2D eigenvalue weighted by atomic mass is 10.1. The van der Waals surface area contributed by atoms with Crippen molar-refractivity contribution in [2.75, 3.05) is 0 Å². The first-order valence-electron chi connectivity index (χ1n) is 7.89. The van der Waals surface area contributed by atoms with E-state index in [1.54, 1.807) is 36.9 Å². The van der Waals surface area contributed by atoms with E-state index < -0.39 is 11.8 Å². The third-order valence-electron chi connectivity index (χ3n) is 3.99. The van der Waals surface area contributed by atoms with Crippen molar-refractivity contribution in [1.82, 2.24) is 14.8 Å². The first-order chi connectivity index (χ1) is 12.5. The van der Waals surface area contributed by atoms with Gasteiger partial charge in [-0.2, -0.15) is 5.10 Å². The second-order valence-corrected chi connectivity index (χ2v) is 5.78. The number of fused-ring (bicyclic) bond motifs is 1. The second-order valence-electron chi connectivity index (χ2n) is 5.78. The minimum Gasteiger partial charge on any atom is -0.463 e. The zero-order chi connectivity index (χ0) is 18.3. The fraction of sp³-hybridized carbons (Fsp3) is 0.105. The molecule has 0 aliphatic rings. The average molecular weight is 351 g/mol. The molecule has 0 amide bonds. The van der Waals surface area contributed by atoms with Crippen molar-refractivity contribution < 1.29 is 18.3 Å². The normalized spacial score (nSPS) is 11.0. The molecule has 4 rings (SSSR count). The fourth-order valence-corrected chi connectivity index (χ4v) is 2.82. The van der Waals surface area contributed by atoms with E-state index in [-0.39, 0.29) is 5.75 Å². The zero-order valence-corrected chi connectivity index (χ0v) is 14.1. The molecule has 0 spiro atoms. The van der Waals surface area contributed by atoms with Gasteiger partial charge in [-0.05, 0) is 49.4 Å². The molecular formula is C19H14FN3O3. The summed E-state index contributed by atoms with van der Waals surface area (Å²) in [4.78, 5) is 17.3. The predicted molar refractivity (Wildman–Crippen MR) is 92.3 cm³/mol. The van der Waals surface area contributed by atoms with Gasteiger partial charge in [0.1, 0.15) is 17.3 Å². The molecule has 0 aliphatic heterocycles. The van der Waals surface area contributed by atoms with E-state index in [1.807, 2.05) is 0 Å². The van der Waals surface area contributed by atoms with Crippen LogP contribution in [0.1, 0.15) is 16.1 Å². The Kier molecular flexibility index (Phi) is 3.76. The topological polar surface area (TPSA) is 70.2 Å². The smallest absolute Gasteiger partial charge is 0.344 e. The Morgan fingerprint density at radius 1 is 1.23 bits per heavy atom. The number of esters is 1. The Balaban J connectivity index is 1.84. The first kappa shape index (κ1) is 16.0.